The minimum absolute atomic E-state index is 0.233. The molecule has 25 heavy (non-hydrogen) atoms. The van der Waals surface area contributed by atoms with Gasteiger partial charge in [-0.1, -0.05) is 13.8 Å². The van der Waals surface area contributed by atoms with E-state index in [0.717, 1.165) is 10.7 Å². The number of thiophene rings is 1. The maximum atomic E-state index is 12.5. The third-order valence-electron chi connectivity index (χ3n) is 3.72. The number of nitrogens with zero attached hydrogens (tertiary/aromatic N) is 2. The van der Waals surface area contributed by atoms with Crippen molar-refractivity contribution in [3.8, 4) is 0 Å². The lowest BCUT2D eigenvalue weighted by Gasteiger charge is -2.00. The van der Waals surface area contributed by atoms with E-state index in [2.05, 4.69) is 28.8 Å². The van der Waals surface area contributed by atoms with Gasteiger partial charge in [-0.2, -0.15) is 0 Å². The van der Waals surface area contributed by atoms with Crippen LogP contribution in [0.2, 0.25) is 0 Å². The lowest BCUT2D eigenvalue weighted by atomic mass is 10.2. The molecule has 0 fully saturated rings. The molecule has 0 atom stereocenters. The molecular weight excluding hydrogens is 358 g/mol. The second-order valence-electron chi connectivity index (χ2n) is 5.98. The first-order valence-corrected chi connectivity index (χ1v) is 9.74. The number of rotatable bonds is 5. The Kier molecular flexibility index (Phi) is 5.01. The third kappa shape index (κ3) is 3.50. The molecule has 0 aliphatic heterocycles. The summed E-state index contributed by atoms with van der Waals surface area (Å²) >= 11 is 2.81. The molecule has 0 aromatic carbocycles. The summed E-state index contributed by atoms with van der Waals surface area (Å²) in [4.78, 5) is 37.4. The van der Waals surface area contributed by atoms with E-state index in [1.54, 1.807) is 25.2 Å². The highest BCUT2D eigenvalue weighted by molar-refractivity contribution is 7.20. The van der Waals surface area contributed by atoms with Gasteiger partial charge in [-0.3, -0.25) is 4.79 Å². The summed E-state index contributed by atoms with van der Waals surface area (Å²) in [5.74, 6) is 0.514. The normalized spacial score (nSPS) is 11.4. The molecule has 8 heteroatoms. The molecule has 0 saturated heterocycles. The Balaban J connectivity index is 1.98. The minimum atomic E-state index is -0.412. The Hall–Kier alpha value is -2.06. The average Bonchev–Trinajstić information content (AvgIpc) is 3.13. The Morgan fingerprint density at radius 3 is 2.76 bits per heavy atom. The average molecular weight is 377 g/mol. The van der Waals surface area contributed by atoms with Crippen molar-refractivity contribution in [1.82, 2.24) is 15.0 Å². The van der Waals surface area contributed by atoms with Gasteiger partial charge in [0.25, 0.3) is 5.56 Å². The molecular formula is C17H19N3O3S2. The molecule has 132 valence electrons. The van der Waals surface area contributed by atoms with Crippen molar-refractivity contribution < 1.29 is 9.53 Å². The standard InChI is InChI=1S/C17H19N3O3S2/c1-5-23-17(22)13-9(4)12-14(21)19-11(20-16(12)25-13)6-10-7-24-15(18-10)8(2)3/h7-8H,5-6H2,1-4H3,(H,19,20,21). The maximum Gasteiger partial charge on any atom is 0.348 e. The molecule has 6 nitrogen and oxygen atoms in total. The predicted octanol–water partition coefficient (Wildman–Crippen LogP) is 3.64. The zero-order valence-electron chi connectivity index (χ0n) is 14.5. The summed E-state index contributed by atoms with van der Waals surface area (Å²) in [6.07, 6.45) is 0.458. The predicted molar refractivity (Wildman–Crippen MR) is 99.9 cm³/mol. The molecule has 0 amide bonds. The molecule has 3 heterocycles. The molecule has 0 unspecified atom stereocenters. The molecule has 3 rings (SSSR count). The summed E-state index contributed by atoms with van der Waals surface area (Å²) in [5, 5.41) is 3.51. The Morgan fingerprint density at radius 1 is 1.36 bits per heavy atom. The van der Waals surface area contributed by atoms with E-state index in [0.29, 0.717) is 45.4 Å². The minimum Gasteiger partial charge on any atom is -0.462 e. The van der Waals surface area contributed by atoms with Crippen molar-refractivity contribution in [2.24, 2.45) is 0 Å². The number of aromatic nitrogens is 3. The summed E-state index contributed by atoms with van der Waals surface area (Å²) in [7, 11) is 0. The van der Waals surface area contributed by atoms with Gasteiger partial charge in [-0.05, 0) is 19.4 Å². The van der Waals surface area contributed by atoms with Crippen LogP contribution in [0.15, 0.2) is 10.2 Å². The first-order valence-electron chi connectivity index (χ1n) is 8.04. The fourth-order valence-corrected chi connectivity index (χ4v) is 4.43. The molecule has 0 bridgehead atoms. The molecule has 0 aliphatic rings. The van der Waals surface area contributed by atoms with Crippen LogP contribution in [0.5, 0.6) is 0 Å². The Morgan fingerprint density at radius 2 is 2.12 bits per heavy atom. The van der Waals surface area contributed by atoms with Crippen molar-refractivity contribution in [3.05, 3.63) is 42.7 Å². The second kappa shape index (κ2) is 7.05. The lowest BCUT2D eigenvalue weighted by molar-refractivity contribution is 0.0531. The maximum absolute atomic E-state index is 12.5. The third-order valence-corrected chi connectivity index (χ3v) is 6.08. The van der Waals surface area contributed by atoms with Crippen LogP contribution in [-0.2, 0) is 11.2 Å². The van der Waals surface area contributed by atoms with Crippen LogP contribution >= 0.6 is 22.7 Å². The molecule has 3 aromatic heterocycles. The molecule has 0 spiro atoms. The lowest BCUT2D eigenvalue weighted by Crippen LogP contribution is -2.12. The highest BCUT2D eigenvalue weighted by Crippen LogP contribution is 2.28. The largest absolute Gasteiger partial charge is 0.462 e. The SMILES string of the molecule is CCOC(=O)c1sc2nc(Cc3csc(C(C)C)n3)[nH]c(=O)c2c1C. The van der Waals surface area contributed by atoms with Crippen molar-refractivity contribution >= 4 is 38.9 Å². The van der Waals surface area contributed by atoms with E-state index in [-0.39, 0.29) is 5.56 Å². The van der Waals surface area contributed by atoms with Gasteiger partial charge in [-0.15, -0.1) is 22.7 Å². The molecule has 1 N–H and O–H groups in total. The number of thiazole rings is 1. The zero-order valence-corrected chi connectivity index (χ0v) is 16.1. The van der Waals surface area contributed by atoms with Crippen molar-refractivity contribution in [2.45, 2.75) is 40.0 Å². The van der Waals surface area contributed by atoms with Crippen LogP contribution < -0.4 is 5.56 Å². The van der Waals surface area contributed by atoms with Crippen LogP contribution in [0.25, 0.3) is 10.2 Å². The van der Waals surface area contributed by atoms with E-state index < -0.39 is 5.97 Å². The fourth-order valence-electron chi connectivity index (χ4n) is 2.50. The van der Waals surface area contributed by atoms with Crippen LogP contribution in [0.3, 0.4) is 0 Å². The molecule has 0 radical (unpaired) electrons. The molecule has 0 saturated carbocycles. The number of ether oxygens (including phenoxy) is 1. The summed E-state index contributed by atoms with van der Waals surface area (Å²) in [6, 6.07) is 0. The number of nitrogens with one attached hydrogen (secondary N) is 1. The number of hydrogen-bond donors (Lipinski definition) is 1. The number of H-pyrrole nitrogens is 1. The quantitative estimate of drug-likeness (QED) is 0.686. The van der Waals surface area contributed by atoms with Gasteiger partial charge in [0.2, 0.25) is 0 Å². The Bertz CT molecular complexity index is 985. The van der Waals surface area contributed by atoms with Gasteiger partial charge < -0.3 is 9.72 Å². The number of esters is 1. The zero-order chi connectivity index (χ0) is 18.1. The number of fused-ring (bicyclic) bond motifs is 1. The smallest absolute Gasteiger partial charge is 0.348 e. The summed E-state index contributed by atoms with van der Waals surface area (Å²) < 4.78 is 5.05. The number of aromatic amines is 1. The van der Waals surface area contributed by atoms with Gasteiger partial charge >= 0.3 is 5.97 Å². The van der Waals surface area contributed by atoms with E-state index in [9.17, 15) is 9.59 Å². The molecule has 0 aliphatic carbocycles. The van der Waals surface area contributed by atoms with E-state index in [1.165, 1.54) is 11.3 Å². The van der Waals surface area contributed by atoms with Crippen LogP contribution in [0.4, 0.5) is 0 Å². The highest BCUT2D eigenvalue weighted by atomic mass is 32.1. The first kappa shape index (κ1) is 17.8. The van der Waals surface area contributed by atoms with Gasteiger partial charge in [0.05, 0.1) is 22.7 Å². The van der Waals surface area contributed by atoms with E-state index in [4.69, 9.17) is 4.74 Å². The monoisotopic (exact) mass is 377 g/mol. The van der Waals surface area contributed by atoms with Gasteiger partial charge in [0.15, 0.2) is 0 Å². The van der Waals surface area contributed by atoms with Crippen molar-refractivity contribution in [2.75, 3.05) is 6.61 Å². The van der Waals surface area contributed by atoms with Gasteiger partial charge in [-0.25, -0.2) is 14.8 Å². The number of carbonyl (C=O) groups is 1. The number of hydrogen-bond acceptors (Lipinski definition) is 7. The Labute approximate surface area is 152 Å². The van der Waals surface area contributed by atoms with Crippen LogP contribution in [0, 0.1) is 6.92 Å². The second-order valence-corrected chi connectivity index (χ2v) is 7.87. The summed E-state index contributed by atoms with van der Waals surface area (Å²) in [5.41, 5.74) is 1.27. The van der Waals surface area contributed by atoms with Gasteiger partial charge in [0.1, 0.15) is 15.5 Å². The highest BCUT2D eigenvalue weighted by Gasteiger charge is 2.20. The van der Waals surface area contributed by atoms with Crippen molar-refractivity contribution in [3.63, 3.8) is 0 Å². The van der Waals surface area contributed by atoms with Crippen LogP contribution in [-0.4, -0.2) is 27.5 Å². The number of aryl methyl sites for hydroxylation is 1. The number of carbonyl (C=O) groups excluding carboxylic acids is 1. The molecule has 3 aromatic rings. The van der Waals surface area contributed by atoms with Crippen LogP contribution in [0.1, 0.15) is 58.5 Å². The first-order chi connectivity index (χ1) is 11.9. The fraction of sp³-hybridized carbons (Fsp3) is 0.412. The van der Waals surface area contributed by atoms with Gasteiger partial charge in [0, 0.05) is 17.7 Å². The van der Waals surface area contributed by atoms with Crippen molar-refractivity contribution in [1.29, 1.82) is 0 Å². The van der Waals surface area contributed by atoms with E-state index in [1.807, 2.05) is 5.38 Å². The topological polar surface area (TPSA) is 84.9 Å². The van der Waals surface area contributed by atoms with E-state index >= 15 is 0 Å². The summed E-state index contributed by atoms with van der Waals surface area (Å²) in [6.45, 7) is 7.99.